The van der Waals surface area contributed by atoms with Crippen molar-refractivity contribution in [2.24, 2.45) is 0 Å². The van der Waals surface area contributed by atoms with E-state index in [0.717, 1.165) is 43.7 Å². The van der Waals surface area contributed by atoms with E-state index in [9.17, 15) is 9.50 Å². The number of fused-ring (bicyclic) bond motifs is 1. The first-order chi connectivity index (χ1) is 13.2. The van der Waals surface area contributed by atoms with Crippen LogP contribution in [0.2, 0.25) is 0 Å². The fourth-order valence-electron chi connectivity index (χ4n) is 4.76. The largest absolute Gasteiger partial charge is 0.489 e. The number of hydrogen-bond acceptors (Lipinski definition) is 3. The molecule has 1 fully saturated rings. The van der Waals surface area contributed by atoms with E-state index >= 15 is 0 Å². The van der Waals surface area contributed by atoms with Crippen LogP contribution in [0, 0.1) is 5.82 Å². The summed E-state index contributed by atoms with van der Waals surface area (Å²) in [7, 11) is 0. The van der Waals surface area contributed by atoms with Crippen molar-refractivity contribution in [3.63, 3.8) is 0 Å². The highest BCUT2D eigenvalue weighted by molar-refractivity contribution is 5.85. The molecule has 1 spiro atoms. The second-order valence-electron chi connectivity index (χ2n) is 7.91. The first-order valence-electron chi connectivity index (χ1n) is 10.0. The molecule has 0 saturated carbocycles. The lowest BCUT2D eigenvalue weighted by molar-refractivity contribution is 0.0208. The highest BCUT2D eigenvalue weighted by Gasteiger charge is 2.40. The van der Waals surface area contributed by atoms with Crippen molar-refractivity contribution in [1.29, 1.82) is 0 Å². The van der Waals surface area contributed by atoms with E-state index < -0.39 is 0 Å². The Morgan fingerprint density at radius 1 is 1.04 bits per heavy atom. The van der Waals surface area contributed by atoms with E-state index in [2.05, 4.69) is 23.1 Å². The van der Waals surface area contributed by atoms with Crippen LogP contribution < -0.4 is 4.74 Å². The number of aliphatic hydroxyl groups excluding tert-OH is 1. The van der Waals surface area contributed by atoms with Gasteiger partial charge in [-0.3, -0.25) is 4.90 Å². The minimum Gasteiger partial charge on any atom is -0.489 e. The molecule has 1 saturated heterocycles. The predicted octanol–water partition coefficient (Wildman–Crippen LogP) is 4.53. The highest BCUT2D eigenvalue weighted by atomic mass is 35.5. The molecule has 0 aromatic heterocycles. The van der Waals surface area contributed by atoms with Gasteiger partial charge in [-0.15, -0.1) is 12.4 Å². The summed E-state index contributed by atoms with van der Waals surface area (Å²) in [6.07, 6.45) is 7.04. The molecule has 5 heteroatoms. The molecule has 1 atom stereocenters. The van der Waals surface area contributed by atoms with Crippen LogP contribution in [0.15, 0.2) is 42.5 Å². The molecule has 4 rings (SSSR count). The zero-order valence-electron chi connectivity index (χ0n) is 16.2. The topological polar surface area (TPSA) is 32.7 Å². The number of ether oxygens (including phenoxy) is 1. The lowest BCUT2D eigenvalue weighted by Crippen LogP contribution is -2.55. The van der Waals surface area contributed by atoms with E-state index in [-0.39, 0.29) is 30.4 Å². The van der Waals surface area contributed by atoms with Crippen LogP contribution in [0.3, 0.4) is 0 Å². The number of aryl methyl sites for hydroxylation is 1. The normalized spacial score (nSPS) is 21.8. The summed E-state index contributed by atoms with van der Waals surface area (Å²) in [4.78, 5) is 2.53. The average Bonchev–Trinajstić information content (AvgIpc) is 2.70. The fourth-order valence-corrected chi connectivity index (χ4v) is 4.76. The summed E-state index contributed by atoms with van der Waals surface area (Å²) in [5, 5.41) is 9.45. The van der Waals surface area contributed by atoms with Crippen LogP contribution in [-0.4, -0.2) is 35.2 Å². The maximum absolute atomic E-state index is 13.0. The number of hydrogen-bond donors (Lipinski definition) is 1. The van der Waals surface area contributed by atoms with Crippen molar-refractivity contribution < 1.29 is 14.2 Å². The summed E-state index contributed by atoms with van der Waals surface area (Å²) in [6.45, 7) is 2.58. The lowest BCUT2D eigenvalue weighted by atomic mass is 9.72. The van der Waals surface area contributed by atoms with E-state index in [1.54, 1.807) is 12.1 Å². The van der Waals surface area contributed by atoms with Gasteiger partial charge in [-0.25, -0.2) is 4.39 Å². The Bertz CT molecular complexity index is 781. The SMILES string of the molecule is Cl.OCCN1CCCCC12CCc1cc(OCc3ccc(F)cc3)ccc1C2. The first-order valence-corrected chi connectivity index (χ1v) is 10.0. The molecule has 1 heterocycles. The van der Waals surface area contributed by atoms with Gasteiger partial charge in [-0.05, 0) is 79.6 Å². The fraction of sp³-hybridized carbons (Fsp3) is 0.478. The number of halogens is 2. The number of benzene rings is 2. The lowest BCUT2D eigenvalue weighted by Gasteiger charge is -2.50. The minimum atomic E-state index is -0.223. The second kappa shape index (κ2) is 9.25. The number of piperidine rings is 1. The smallest absolute Gasteiger partial charge is 0.123 e. The summed E-state index contributed by atoms with van der Waals surface area (Å²) >= 11 is 0. The van der Waals surface area contributed by atoms with E-state index in [1.165, 1.54) is 42.5 Å². The van der Waals surface area contributed by atoms with Crippen LogP contribution in [0.1, 0.15) is 42.4 Å². The Labute approximate surface area is 172 Å². The number of nitrogens with zero attached hydrogens (tertiary/aromatic N) is 1. The number of rotatable bonds is 5. The minimum absolute atomic E-state index is 0. The third-order valence-corrected chi connectivity index (χ3v) is 6.24. The van der Waals surface area contributed by atoms with Gasteiger partial charge in [-0.2, -0.15) is 0 Å². The van der Waals surface area contributed by atoms with Crippen LogP contribution >= 0.6 is 12.4 Å². The van der Waals surface area contributed by atoms with Crippen molar-refractivity contribution in [3.8, 4) is 5.75 Å². The average molecular weight is 406 g/mol. The van der Waals surface area contributed by atoms with Gasteiger partial charge in [0.15, 0.2) is 0 Å². The number of aliphatic hydroxyl groups is 1. The Kier molecular flexibility index (Phi) is 6.97. The molecule has 0 amide bonds. The zero-order chi connectivity index (χ0) is 18.7. The second-order valence-corrected chi connectivity index (χ2v) is 7.91. The molecule has 0 radical (unpaired) electrons. The Balaban J connectivity index is 0.00000225. The van der Waals surface area contributed by atoms with Crippen molar-refractivity contribution in [1.82, 2.24) is 4.90 Å². The molecule has 2 aromatic rings. The van der Waals surface area contributed by atoms with Gasteiger partial charge >= 0.3 is 0 Å². The molecule has 152 valence electrons. The maximum Gasteiger partial charge on any atom is 0.123 e. The highest BCUT2D eigenvalue weighted by Crippen LogP contribution is 2.40. The summed E-state index contributed by atoms with van der Waals surface area (Å²) in [6, 6.07) is 12.9. The molecule has 1 aliphatic carbocycles. The summed E-state index contributed by atoms with van der Waals surface area (Å²) in [5.74, 6) is 0.657. The van der Waals surface area contributed by atoms with Gasteiger partial charge in [0.05, 0.1) is 6.61 Å². The Hall–Kier alpha value is -1.62. The third kappa shape index (κ3) is 4.51. The van der Waals surface area contributed by atoms with Gasteiger partial charge in [0, 0.05) is 12.1 Å². The summed E-state index contributed by atoms with van der Waals surface area (Å²) in [5.41, 5.74) is 3.99. The van der Waals surface area contributed by atoms with Gasteiger partial charge in [0.2, 0.25) is 0 Å². The molecule has 2 aromatic carbocycles. The molecule has 1 aliphatic heterocycles. The standard InChI is InChI=1S/C23H28FNO2.ClH/c24-21-6-3-18(4-7-21)17-27-22-8-5-20-16-23(11-9-19(20)15-22)10-1-2-12-25(23)13-14-26;/h3-8,15,26H,1-2,9-14,16-17H2;1H. The number of likely N-dealkylation sites (tertiary alicyclic amines) is 1. The van der Waals surface area contributed by atoms with Gasteiger partial charge < -0.3 is 9.84 Å². The molecule has 1 N–H and O–H groups in total. The maximum atomic E-state index is 13.0. The first kappa shape index (κ1) is 21.1. The van der Waals surface area contributed by atoms with Crippen molar-refractivity contribution in [2.45, 2.75) is 50.7 Å². The Morgan fingerprint density at radius 2 is 1.86 bits per heavy atom. The van der Waals surface area contributed by atoms with Crippen molar-refractivity contribution in [2.75, 3.05) is 19.7 Å². The molecule has 0 bridgehead atoms. The third-order valence-electron chi connectivity index (χ3n) is 6.24. The van der Waals surface area contributed by atoms with E-state index in [0.29, 0.717) is 6.61 Å². The molecular weight excluding hydrogens is 377 g/mol. The predicted molar refractivity (Wildman–Crippen MR) is 112 cm³/mol. The zero-order valence-corrected chi connectivity index (χ0v) is 17.0. The van der Waals surface area contributed by atoms with Crippen molar-refractivity contribution in [3.05, 3.63) is 65.0 Å². The molecular formula is C23H29ClFNO2. The van der Waals surface area contributed by atoms with Crippen LogP contribution in [-0.2, 0) is 19.4 Å². The van der Waals surface area contributed by atoms with Gasteiger partial charge in [-0.1, -0.05) is 24.6 Å². The van der Waals surface area contributed by atoms with E-state index in [1.807, 2.05) is 0 Å². The van der Waals surface area contributed by atoms with Crippen LogP contribution in [0.25, 0.3) is 0 Å². The van der Waals surface area contributed by atoms with Crippen molar-refractivity contribution >= 4 is 12.4 Å². The molecule has 1 unspecified atom stereocenters. The van der Waals surface area contributed by atoms with Crippen LogP contribution in [0.5, 0.6) is 5.75 Å². The molecule has 28 heavy (non-hydrogen) atoms. The number of β-amino-alcohol motifs (C(OH)–C–C–N with tert-alkyl or cyclic N) is 1. The van der Waals surface area contributed by atoms with E-state index in [4.69, 9.17) is 4.74 Å². The Morgan fingerprint density at radius 3 is 2.64 bits per heavy atom. The molecule has 3 nitrogen and oxygen atoms in total. The monoisotopic (exact) mass is 405 g/mol. The summed E-state index contributed by atoms with van der Waals surface area (Å²) < 4.78 is 18.9. The van der Waals surface area contributed by atoms with Crippen LogP contribution in [0.4, 0.5) is 4.39 Å². The van der Waals surface area contributed by atoms with Gasteiger partial charge in [0.1, 0.15) is 18.2 Å². The molecule has 2 aliphatic rings. The quantitative estimate of drug-likeness (QED) is 0.793. The van der Waals surface area contributed by atoms with Gasteiger partial charge in [0.25, 0.3) is 0 Å².